The maximum Gasteiger partial charge on any atom is 0.259 e. The highest BCUT2D eigenvalue weighted by molar-refractivity contribution is 5.79. The number of oxazole rings is 1. The number of likely N-dealkylation sites (tertiary alicyclic amines) is 2. The van der Waals surface area contributed by atoms with Crippen LogP contribution in [0.25, 0.3) is 22.9 Å². The van der Waals surface area contributed by atoms with E-state index in [1.807, 2.05) is 36.1 Å². The number of nitrogens with zero attached hydrogens (tertiary/aromatic N) is 6. The van der Waals surface area contributed by atoms with Gasteiger partial charge in [0.25, 0.3) is 5.89 Å². The highest BCUT2D eigenvalue weighted by Gasteiger charge is 2.39. The van der Waals surface area contributed by atoms with Crippen LogP contribution in [0.1, 0.15) is 55.4 Å². The summed E-state index contributed by atoms with van der Waals surface area (Å²) in [5.41, 5.74) is 3.79. The van der Waals surface area contributed by atoms with Gasteiger partial charge in [0.05, 0.1) is 11.3 Å². The molecule has 0 unspecified atom stereocenters. The lowest BCUT2D eigenvalue weighted by molar-refractivity contribution is -0.138. The van der Waals surface area contributed by atoms with Crippen molar-refractivity contribution in [2.45, 2.75) is 58.4 Å². The second-order valence-electron chi connectivity index (χ2n) is 11.5. The molecule has 6 rings (SSSR count). The maximum absolute atomic E-state index is 13.4. The SMILES string of the molecule is Cc1ccc(-c2nc(CN3CCC(C(=O)N4CCC(C)(c5noc(-c6cccnc6)n5)CC4)CC3)c(C)o2)cc1. The van der Waals surface area contributed by atoms with Crippen LogP contribution in [0.15, 0.2) is 57.7 Å². The molecule has 0 atom stereocenters. The number of carbonyl (C=O) groups excluding carboxylic acids is 1. The van der Waals surface area contributed by atoms with E-state index >= 15 is 0 Å². The average Bonchev–Trinajstić information content (AvgIpc) is 3.62. The van der Waals surface area contributed by atoms with Crippen molar-refractivity contribution in [3.8, 4) is 22.9 Å². The van der Waals surface area contributed by atoms with Gasteiger partial charge in [0.15, 0.2) is 5.82 Å². The quantitative estimate of drug-likeness (QED) is 0.329. The Morgan fingerprint density at radius 3 is 2.42 bits per heavy atom. The molecule has 2 saturated heterocycles. The standard InChI is InChI=1S/C31H36N6O3/c1-21-6-8-23(9-7-21)27-33-26(22(2)39-27)20-36-15-10-24(11-16-36)29(38)37-17-12-31(3,13-18-37)30-34-28(40-35-30)25-5-4-14-32-19-25/h4-9,14,19,24H,10-13,15-18,20H2,1-3H3. The Morgan fingerprint density at radius 2 is 1.73 bits per heavy atom. The molecular formula is C31H36N6O3. The molecule has 9 heteroatoms. The van der Waals surface area contributed by atoms with E-state index in [9.17, 15) is 4.79 Å². The highest BCUT2D eigenvalue weighted by Crippen LogP contribution is 2.35. The Balaban J connectivity index is 1.00. The summed E-state index contributed by atoms with van der Waals surface area (Å²) in [7, 11) is 0. The molecule has 0 N–H and O–H groups in total. The van der Waals surface area contributed by atoms with Crippen LogP contribution >= 0.6 is 0 Å². The number of hydrogen-bond donors (Lipinski definition) is 0. The smallest absolute Gasteiger partial charge is 0.259 e. The van der Waals surface area contributed by atoms with E-state index in [1.54, 1.807) is 12.4 Å². The number of aryl methyl sites for hydroxylation is 2. The summed E-state index contributed by atoms with van der Waals surface area (Å²) in [4.78, 5) is 31.4. The second-order valence-corrected chi connectivity index (χ2v) is 11.5. The zero-order valence-electron chi connectivity index (χ0n) is 23.5. The van der Waals surface area contributed by atoms with Gasteiger partial charge >= 0.3 is 0 Å². The number of hydrogen-bond acceptors (Lipinski definition) is 8. The summed E-state index contributed by atoms with van der Waals surface area (Å²) in [5.74, 6) is 3.08. The first-order valence-corrected chi connectivity index (χ1v) is 14.2. The van der Waals surface area contributed by atoms with Crippen LogP contribution in [-0.2, 0) is 16.8 Å². The summed E-state index contributed by atoms with van der Waals surface area (Å²) in [6, 6.07) is 12.0. The molecule has 2 fully saturated rings. The van der Waals surface area contributed by atoms with Gasteiger partial charge in [-0.25, -0.2) is 4.98 Å². The van der Waals surface area contributed by atoms with Gasteiger partial charge < -0.3 is 13.8 Å². The van der Waals surface area contributed by atoms with Crippen molar-refractivity contribution in [2.75, 3.05) is 26.2 Å². The van der Waals surface area contributed by atoms with E-state index < -0.39 is 0 Å². The Labute approximate surface area is 234 Å². The monoisotopic (exact) mass is 540 g/mol. The topological polar surface area (TPSA) is 101 Å². The van der Waals surface area contributed by atoms with Gasteiger partial charge in [-0.1, -0.05) is 29.8 Å². The molecule has 1 aromatic carbocycles. The van der Waals surface area contributed by atoms with Crippen LogP contribution in [0.2, 0.25) is 0 Å². The van der Waals surface area contributed by atoms with Crippen LogP contribution in [0, 0.1) is 19.8 Å². The molecule has 4 aromatic rings. The minimum Gasteiger partial charge on any atom is -0.441 e. The van der Waals surface area contributed by atoms with E-state index in [2.05, 4.69) is 46.0 Å². The Morgan fingerprint density at radius 1 is 0.975 bits per heavy atom. The van der Waals surface area contributed by atoms with Gasteiger partial charge in [0.1, 0.15) is 5.76 Å². The van der Waals surface area contributed by atoms with E-state index in [0.29, 0.717) is 30.7 Å². The van der Waals surface area contributed by atoms with Gasteiger partial charge in [0.2, 0.25) is 11.8 Å². The fraction of sp³-hybridized carbons (Fsp3) is 0.452. The summed E-state index contributed by atoms with van der Waals surface area (Å²) < 4.78 is 11.5. The molecule has 1 amide bonds. The van der Waals surface area contributed by atoms with Crippen molar-refractivity contribution >= 4 is 5.91 Å². The molecule has 0 saturated carbocycles. The molecule has 5 heterocycles. The van der Waals surface area contributed by atoms with Crippen molar-refractivity contribution in [1.29, 1.82) is 0 Å². The molecule has 0 radical (unpaired) electrons. The summed E-state index contributed by atoms with van der Waals surface area (Å²) >= 11 is 0. The Hall–Kier alpha value is -3.85. The van der Waals surface area contributed by atoms with Gasteiger partial charge in [-0.2, -0.15) is 4.98 Å². The molecule has 2 aliphatic rings. The van der Waals surface area contributed by atoms with Crippen molar-refractivity contribution in [2.24, 2.45) is 5.92 Å². The van der Waals surface area contributed by atoms with Gasteiger partial charge in [-0.05, 0) is 76.9 Å². The Kier molecular flexibility index (Phi) is 7.23. The van der Waals surface area contributed by atoms with Gasteiger partial charge in [-0.15, -0.1) is 0 Å². The number of piperidine rings is 2. The summed E-state index contributed by atoms with van der Waals surface area (Å²) in [5, 5.41) is 4.28. The lowest BCUT2D eigenvalue weighted by atomic mass is 9.79. The average molecular weight is 541 g/mol. The molecule has 9 nitrogen and oxygen atoms in total. The van der Waals surface area contributed by atoms with Crippen LogP contribution in [-0.4, -0.2) is 62.0 Å². The van der Waals surface area contributed by atoms with E-state index in [-0.39, 0.29) is 17.2 Å². The lowest BCUT2D eigenvalue weighted by Gasteiger charge is -2.40. The molecule has 0 aliphatic carbocycles. The predicted octanol–water partition coefficient (Wildman–Crippen LogP) is 5.20. The largest absolute Gasteiger partial charge is 0.441 e. The number of amides is 1. The number of rotatable bonds is 6. The van der Waals surface area contributed by atoms with Crippen molar-refractivity contribution in [3.05, 3.63) is 71.6 Å². The first-order chi connectivity index (χ1) is 19.4. The van der Waals surface area contributed by atoms with Crippen LogP contribution in [0.5, 0.6) is 0 Å². The zero-order chi connectivity index (χ0) is 27.7. The third-order valence-corrected chi connectivity index (χ3v) is 8.55. The third-order valence-electron chi connectivity index (χ3n) is 8.55. The first kappa shape index (κ1) is 26.4. The van der Waals surface area contributed by atoms with Crippen molar-refractivity contribution < 1.29 is 13.7 Å². The van der Waals surface area contributed by atoms with Crippen molar-refractivity contribution in [3.63, 3.8) is 0 Å². The summed E-state index contributed by atoms with van der Waals surface area (Å²) in [6.45, 7) is 10.2. The maximum atomic E-state index is 13.4. The number of aromatic nitrogens is 4. The zero-order valence-corrected chi connectivity index (χ0v) is 23.5. The highest BCUT2D eigenvalue weighted by atomic mass is 16.5. The fourth-order valence-electron chi connectivity index (χ4n) is 5.72. The molecule has 0 bridgehead atoms. The molecule has 2 aliphatic heterocycles. The van der Waals surface area contributed by atoms with E-state index in [1.165, 1.54) is 5.56 Å². The normalized spacial score (nSPS) is 18.2. The fourth-order valence-corrected chi connectivity index (χ4v) is 5.72. The third kappa shape index (κ3) is 5.43. The number of carbonyl (C=O) groups is 1. The number of benzene rings is 1. The van der Waals surface area contributed by atoms with Crippen molar-refractivity contribution in [1.82, 2.24) is 29.9 Å². The minimum atomic E-state index is -0.211. The van der Waals surface area contributed by atoms with Gasteiger partial charge in [0, 0.05) is 48.9 Å². The molecule has 208 valence electrons. The lowest BCUT2D eigenvalue weighted by Crippen LogP contribution is -2.48. The van der Waals surface area contributed by atoms with Crippen LogP contribution < -0.4 is 0 Å². The molecule has 3 aromatic heterocycles. The molecule has 40 heavy (non-hydrogen) atoms. The predicted molar refractivity (Wildman–Crippen MR) is 150 cm³/mol. The minimum absolute atomic E-state index is 0.0736. The second kappa shape index (κ2) is 11.0. The molecule has 0 spiro atoms. The Bertz CT molecular complexity index is 1450. The van der Waals surface area contributed by atoms with E-state index in [4.69, 9.17) is 13.9 Å². The van der Waals surface area contributed by atoms with Gasteiger partial charge in [-0.3, -0.25) is 14.7 Å². The van der Waals surface area contributed by atoms with E-state index in [0.717, 1.165) is 67.9 Å². The first-order valence-electron chi connectivity index (χ1n) is 14.2. The number of pyridine rings is 1. The molecular weight excluding hydrogens is 504 g/mol. The van der Waals surface area contributed by atoms with Crippen LogP contribution in [0.3, 0.4) is 0 Å². The summed E-state index contributed by atoms with van der Waals surface area (Å²) in [6.07, 6.45) is 6.82. The van der Waals surface area contributed by atoms with Crippen LogP contribution in [0.4, 0.5) is 0 Å².